The molecule has 0 aromatic heterocycles. The number of carbonyl (C=O) groups is 1. The van der Waals surface area contributed by atoms with Gasteiger partial charge in [0.1, 0.15) is 6.10 Å². The lowest BCUT2D eigenvalue weighted by Gasteiger charge is -2.37. The lowest BCUT2D eigenvalue weighted by Crippen LogP contribution is -2.53. The summed E-state index contributed by atoms with van der Waals surface area (Å²) in [5.74, 6) is 0.0645. The van der Waals surface area contributed by atoms with E-state index < -0.39 is 4.92 Å². The minimum atomic E-state index is -0.441. The summed E-state index contributed by atoms with van der Waals surface area (Å²) in [4.78, 5) is 26.5. The van der Waals surface area contributed by atoms with E-state index in [9.17, 15) is 14.9 Å². The Labute approximate surface area is 150 Å². The first-order valence-electron chi connectivity index (χ1n) is 8.25. The van der Waals surface area contributed by atoms with Crippen molar-refractivity contribution in [1.29, 1.82) is 0 Å². The molecule has 2 heterocycles. The van der Waals surface area contributed by atoms with Crippen molar-refractivity contribution in [1.82, 2.24) is 9.80 Å². The third-order valence-corrected chi connectivity index (χ3v) is 4.75. The van der Waals surface area contributed by atoms with Crippen molar-refractivity contribution in [2.24, 2.45) is 0 Å². The van der Waals surface area contributed by atoms with Crippen LogP contribution in [0.5, 0.6) is 0 Å². The molecule has 2 aliphatic rings. The lowest BCUT2D eigenvalue weighted by atomic mass is 10.2. The Hall–Kier alpha value is -2.26. The predicted molar refractivity (Wildman–Crippen MR) is 96.4 cm³/mol. The number of ether oxygens (including phenoxy) is 1. The predicted octanol–water partition coefficient (Wildman–Crippen LogP) is 1.61. The summed E-state index contributed by atoms with van der Waals surface area (Å²) in [5, 5.41) is 14.4. The fraction of sp³-hybridized carbons (Fsp3) is 0.500. The lowest BCUT2D eigenvalue weighted by molar-refractivity contribution is -0.384. The first-order chi connectivity index (χ1) is 12.0. The minimum absolute atomic E-state index is 0.0137. The number of nitrogens with zero attached hydrogens (tertiary/aromatic N) is 3. The van der Waals surface area contributed by atoms with Crippen LogP contribution in [0.2, 0.25) is 0 Å². The quantitative estimate of drug-likeness (QED) is 0.495. The van der Waals surface area contributed by atoms with Crippen LogP contribution in [-0.2, 0) is 9.53 Å². The smallest absolute Gasteiger partial charge is 0.271 e. The number of nitro groups is 1. The molecule has 0 spiro atoms. The van der Waals surface area contributed by atoms with Gasteiger partial charge in [-0.25, -0.2) is 0 Å². The van der Waals surface area contributed by atoms with Crippen molar-refractivity contribution >= 4 is 34.6 Å². The molecule has 0 saturated carbocycles. The van der Waals surface area contributed by atoms with E-state index in [1.165, 1.54) is 12.1 Å². The van der Waals surface area contributed by atoms with Gasteiger partial charge in [0.05, 0.1) is 4.92 Å². The van der Waals surface area contributed by atoms with Crippen LogP contribution in [0, 0.1) is 10.1 Å². The van der Waals surface area contributed by atoms with Crippen molar-refractivity contribution in [3.05, 3.63) is 34.4 Å². The number of carbonyl (C=O) groups excluding carboxylic acids is 1. The molecule has 1 atom stereocenters. The summed E-state index contributed by atoms with van der Waals surface area (Å²) in [6.45, 7) is 3.09. The zero-order valence-electron chi connectivity index (χ0n) is 13.7. The summed E-state index contributed by atoms with van der Waals surface area (Å²) in [6.07, 6.45) is 1.45. The molecule has 25 heavy (non-hydrogen) atoms. The zero-order valence-corrected chi connectivity index (χ0v) is 14.5. The van der Waals surface area contributed by atoms with Gasteiger partial charge in [0, 0.05) is 50.6 Å². The van der Waals surface area contributed by atoms with Gasteiger partial charge in [-0.15, -0.1) is 0 Å². The third-order valence-electron chi connectivity index (χ3n) is 4.39. The van der Waals surface area contributed by atoms with E-state index >= 15 is 0 Å². The van der Waals surface area contributed by atoms with E-state index in [0.717, 1.165) is 12.8 Å². The van der Waals surface area contributed by atoms with E-state index in [1.54, 1.807) is 12.1 Å². The van der Waals surface area contributed by atoms with Crippen LogP contribution in [0.4, 0.5) is 11.4 Å². The molecule has 1 aromatic carbocycles. The number of non-ortho nitro benzene ring substituents is 1. The van der Waals surface area contributed by atoms with Crippen molar-refractivity contribution in [3.8, 4) is 0 Å². The highest BCUT2D eigenvalue weighted by molar-refractivity contribution is 7.80. The van der Waals surface area contributed by atoms with Gasteiger partial charge in [0.15, 0.2) is 5.11 Å². The Kier molecular flexibility index (Phi) is 5.44. The largest absolute Gasteiger partial charge is 0.368 e. The molecule has 1 N–H and O–H groups in total. The topological polar surface area (TPSA) is 88.0 Å². The van der Waals surface area contributed by atoms with Crippen LogP contribution in [-0.4, -0.2) is 64.6 Å². The molecule has 134 valence electrons. The van der Waals surface area contributed by atoms with Crippen molar-refractivity contribution < 1.29 is 14.5 Å². The molecule has 2 fully saturated rings. The molecular formula is C16H20N4O4S. The highest BCUT2D eigenvalue weighted by Crippen LogP contribution is 2.19. The highest BCUT2D eigenvalue weighted by atomic mass is 32.1. The Balaban J connectivity index is 1.52. The molecule has 1 amide bonds. The summed E-state index contributed by atoms with van der Waals surface area (Å²) in [6, 6.07) is 6.23. The number of nitro benzene ring substituents is 1. The van der Waals surface area contributed by atoms with E-state index in [1.807, 2.05) is 9.80 Å². The Morgan fingerprint density at radius 2 is 2.00 bits per heavy atom. The number of amides is 1. The van der Waals surface area contributed by atoms with Gasteiger partial charge in [0.2, 0.25) is 0 Å². The molecule has 2 saturated heterocycles. The second-order valence-electron chi connectivity index (χ2n) is 6.05. The number of anilines is 1. The van der Waals surface area contributed by atoms with Crippen LogP contribution < -0.4 is 5.32 Å². The fourth-order valence-electron chi connectivity index (χ4n) is 3.01. The maximum absolute atomic E-state index is 12.3. The SMILES string of the molecule is O=C([C@@H]1CCCO1)N1CCN(C(=S)Nc2cccc([N+](=O)[O-])c2)CC1. The maximum atomic E-state index is 12.3. The second-order valence-corrected chi connectivity index (χ2v) is 6.44. The highest BCUT2D eigenvalue weighted by Gasteiger charge is 2.30. The summed E-state index contributed by atoms with van der Waals surface area (Å²) >= 11 is 5.39. The van der Waals surface area contributed by atoms with E-state index in [4.69, 9.17) is 17.0 Å². The molecule has 0 bridgehead atoms. The normalized spacial score (nSPS) is 20.4. The van der Waals surface area contributed by atoms with E-state index in [0.29, 0.717) is 43.6 Å². The van der Waals surface area contributed by atoms with Gasteiger partial charge in [-0.2, -0.15) is 0 Å². The number of hydrogen-bond acceptors (Lipinski definition) is 5. The minimum Gasteiger partial charge on any atom is -0.368 e. The Morgan fingerprint density at radius 1 is 1.28 bits per heavy atom. The van der Waals surface area contributed by atoms with E-state index in [2.05, 4.69) is 5.32 Å². The van der Waals surface area contributed by atoms with Crippen molar-refractivity contribution in [2.75, 3.05) is 38.1 Å². The number of thiocarbonyl (C=S) groups is 1. The van der Waals surface area contributed by atoms with Crippen LogP contribution in [0.3, 0.4) is 0 Å². The number of benzene rings is 1. The molecule has 0 unspecified atom stereocenters. The van der Waals surface area contributed by atoms with Gasteiger partial charge in [-0.05, 0) is 31.1 Å². The molecule has 0 aliphatic carbocycles. The number of piperazine rings is 1. The molecule has 1 aromatic rings. The number of rotatable bonds is 3. The summed E-state index contributed by atoms with van der Waals surface area (Å²) < 4.78 is 5.45. The first-order valence-corrected chi connectivity index (χ1v) is 8.66. The van der Waals surface area contributed by atoms with Gasteiger partial charge in [0.25, 0.3) is 11.6 Å². The second kappa shape index (κ2) is 7.75. The average Bonchev–Trinajstić information content (AvgIpc) is 3.16. The number of hydrogen-bond donors (Lipinski definition) is 1. The van der Waals surface area contributed by atoms with Gasteiger partial charge in [-0.3, -0.25) is 14.9 Å². The Morgan fingerprint density at radius 3 is 2.64 bits per heavy atom. The third kappa shape index (κ3) is 4.23. The number of nitrogens with one attached hydrogen (secondary N) is 1. The molecular weight excluding hydrogens is 344 g/mol. The Bertz CT molecular complexity index is 670. The van der Waals surface area contributed by atoms with Crippen LogP contribution in [0.25, 0.3) is 0 Å². The monoisotopic (exact) mass is 364 g/mol. The molecule has 3 rings (SSSR count). The van der Waals surface area contributed by atoms with E-state index in [-0.39, 0.29) is 17.7 Å². The zero-order chi connectivity index (χ0) is 17.8. The summed E-state index contributed by atoms with van der Waals surface area (Å²) in [7, 11) is 0. The van der Waals surface area contributed by atoms with Crippen LogP contribution >= 0.6 is 12.2 Å². The standard InChI is InChI=1S/C16H20N4O4S/c21-15(14-5-2-10-24-14)18-6-8-19(9-7-18)16(25)17-12-3-1-4-13(11-12)20(22)23/h1,3-4,11,14H,2,5-10H2,(H,17,25)/t14-/m0/s1. The molecule has 9 heteroatoms. The fourth-order valence-corrected chi connectivity index (χ4v) is 3.31. The summed E-state index contributed by atoms with van der Waals surface area (Å²) in [5.41, 5.74) is 0.594. The van der Waals surface area contributed by atoms with Crippen molar-refractivity contribution in [2.45, 2.75) is 18.9 Å². The molecule has 2 aliphatic heterocycles. The molecule has 8 nitrogen and oxygen atoms in total. The average molecular weight is 364 g/mol. The van der Waals surface area contributed by atoms with Crippen molar-refractivity contribution in [3.63, 3.8) is 0 Å². The van der Waals surface area contributed by atoms with Gasteiger partial charge < -0.3 is 19.9 Å². The van der Waals surface area contributed by atoms with Gasteiger partial charge in [-0.1, -0.05) is 6.07 Å². The first kappa shape index (κ1) is 17.6. The molecule has 0 radical (unpaired) electrons. The maximum Gasteiger partial charge on any atom is 0.271 e. The van der Waals surface area contributed by atoms with Crippen LogP contribution in [0.15, 0.2) is 24.3 Å². The van der Waals surface area contributed by atoms with Crippen LogP contribution in [0.1, 0.15) is 12.8 Å². The van der Waals surface area contributed by atoms with Gasteiger partial charge >= 0.3 is 0 Å².